The van der Waals surface area contributed by atoms with Gasteiger partial charge in [-0.05, 0) is 37.1 Å². The summed E-state index contributed by atoms with van der Waals surface area (Å²) < 4.78 is 5.74. The predicted octanol–water partition coefficient (Wildman–Crippen LogP) is 4.02. The van der Waals surface area contributed by atoms with Crippen molar-refractivity contribution in [2.24, 2.45) is 0 Å². The summed E-state index contributed by atoms with van der Waals surface area (Å²) in [5, 5.41) is 10.8. The molecule has 0 aliphatic heterocycles. The quantitative estimate of drug-likeness (QED) is 0.520. The minimum atomic E-state index is -0.410. The van der Waals surface area contributed by atoms with E-state index in [0.29, 0.717) is 5.89 Å². The van der Waals surface area contributed by atoms with E-state index >= 15 is 0 Å². The van der Waals surface area contributed by atoms with Gasteiger partial charge in [0.1, 0.15) is 5.52 Å². The summed E-state index contributed by atoms with van der Waals surface area (Å²) in [6.07, 6.45) is 0. The Kier molecular flexibility index (Phi) is 2.75. The zero-order valence-electron chi connectivity index (χ0n) is 11.1. The highest BCUT2D eigenvalue weighted by Gasteiger charge is 2.14. The fourth-order valence-electron chi connectivity index (χ4n) is 2.20. The molecular weight excluding hydrogens is 256 g/mol. The zero-order valence-corrected chi connectivity index (χ0v) is 11.1. The summed E-state index contributed by atoms with van der Waals surface area (Å²) in [5.74, 6) is 0.488. The third kappa shape index (κ3) is 1.93. The Morgan fingerprint density at radius 2 is 1.95 bits per heavy atom. The Balaban J connectivity index is 2.16. The fraction of sp³-hybridized carbons (Fsp3) is 0.133. The van der Waals surface area contributed by atoms with Crippen LogP contribution in [0.25, 0.3) is 22.6 Å². The van der Waals surface area contributed by atoms with Crippen molar-refractivity contribution < 1.29 is 9.34 Å². The van der Waals surface area contributed by atoms with E-state index in [4.69, 9.17) is 4.42 Å². The Morgan fingerprint density at radius 1 is 1.15 bits per heavy atom. The van der Waals surface area contributed by atoms with Crippen LogP contribution in [0.4, 0.5) is 5.69 Å². The molecule has 5 heteroatoms. The van der Waals surface area contributed by atoms with E-state index in [1.54, 1.807) is 6.07 Å². The molecular formula is C15H12N2O3. The molecule has 0 aliphatic rings. The van der Waals surface area contributed by atoms with E-state index in [-0.39, 0.29) is 5.69 Å². The number of fused-ring (bicyclic) bond motifs is 1. The Labute approximate surface area is 115 Å². The van der Waals surface area contributed by atoms with Gasteiger partial charge in [-0.2, -0.15) is 0 Å². The van der Waals surface area contributed by atoms with E-state index in [1.165, 1.54) is 12.1 Å². The molecule has 0 N–H and O–H groups in total. The van der Waals surface area contributed by atoms with Gasteiger partial charge in [-0.25, -0.2) is 4.98 Å². The first-order chi connectivity index (χ1) is 9.56. The second kappa shape index (κ2) is 4.45. The molecule has 0 atom stereocenters. The summed E-state index contributed by atoms with van der Waals surface area (Å²) >= 11 is 0. The maximum Gasteiger partial charge on any atom is 0.269 e. The van der Waals surface area contributed by atoms with Gasteiger partial charge in [0.05, 0.1) is 4.92 Å². The normalized spacial score (nSPS) is 10.9. The van der Waals surface area contributed by atoms with Gasteiger partial charge in [-0.15, -0.1) is 0 Å². The maximum atomic E-state index is 10.8. The number of nitro benzene ring substituents is 1. The molecule has 2 aromatic carbocycles. The van der Waals surface area contributed by atoms with Gasteiger partial charge in [0.15, 0.2) is 5.58 Å². The second-order valence-corrected chi connectivity index (χ2v) is 4.70. The second-order valence-electron chi connectivity index (χ2n) is 4.70. The number of aryl methyl sites for hydroxylation is 2. The van der Waals surface area contributed by atoms with Gasteiger partial charge < -0.3 is 4.42 Å². The Bertz CT molecular complexity index is 821. The number of non-ortho nitro benzene ring substituents is 1. The van der Waals surface area contributed by atoms with Crippen LogP contribution in [-0.4, -0.2) is 9.91 Å². The van der Waals surface area contributed by atoms with Crippen LogP contribution in [0.15, 0.2) is 40.8 Å². The molecule has 0 radical (unpaired) electrons. The predicted molar refractivity (Wildman–Crippen MR) is 75.6 cm³/mol. The van der Waals surface area contributed by atoms with Crippen molar-refractivity contribution in [1.82, 2.24) is 4.98 Å². The van der Waals surface area contributed by atoms with Crippen molar-refractivity contribution >= 4 is 16.8 Å². The lowest BCUT2D eigenvalue weighted by molar-refractivity contribution is -0.384. The molecule has 0 bridgehead atoms. The molecule has 0 aliphatic carbocycles. The molecule has 0 saturated heterocycles. The molecule has 20 heavy (non-hydrogen) atoms. The lowest BCUT2D eigenvalue weighted by Crippen LogP contribution is -1.90. The lowest BCUT2D eigenvalue weighted by Gasteiger charge is -2.00. The van der Waals surface area contributed by atoms with E-state index in [9.17, 15) is 10.1 Å². The first-order valence-electron chi connectivity index (χ1n) is 6.18. The smallest absolute Gasteiger partial charge is 0.269 e. The highest BCUT2D eigenvalue weighted by molar-refractivity contribution is 5.79. The van der Waals surface area contributed by atoms with Gasteiger partial charge in [0.25, 0.3) is 5.69 Å². The summed E-state index contributed by atoms with van der Waals surface area (Å²) in [6.45, 7) is 3.78. The van der Waals surface area contributed by atoms with Crippen LogP contribution < -0.4 is 0 Å². The van der Waals surface area contributed by atoms with Gasteiger partial charge in [-0.1, -0.05) is 12.1 Å². The van der Waals surface area contributed by atoms with E-state index in [0.717, 1.165) is 27.8 Å². The van der Waals surface area contributed by atoms with Crippen LogP contribution in [0.3, 0.4) is 0 Å². The SMILES string of the molecule is Cc1cc([N+](=O)[O-])ccc1-c1nc2c(C)cccc2o1. The topological polar surface area (TPSA) is 69.2 Å². The van der Waals surface area contributed by atoms with Crippen LogP contribution >= 0.6 is 0 Å². The molecule has 0 spiro atoms. The molecule has 0 saturated carbocycles. The molecule has 100 valence electrons. The molecule has 1 heterocycles. The molecule has 3 aromatic rings. The van der Waals surface area contributed by atoms with Gasteiger partial charge in [0, 0.05) is 17.7 Å². The van der Waals surface area contributed by atoms with Crippen LogP contribution in [-0.2, 0) is 0 Å². The van der Waals surface area contributed by atoms with Crippen LogP contribution in [0.1, 0.15) is 11.1 Å². The third-order valence-electron chi connectivity index (χ3n) is 3.27. The van der Waals surface area contributed by atoms with Gasteiger partial charge >= 0.3 is 0 Å². The molecule has 0 fully saturated rings. The minimum Gasteiger partial charge on any atom is -0.436 e. The van der Waals surface area contributed by atoms with Crippen LogP contribution in [0.5, 0.6) is 0 Å². The van der Waals surface area contributed by atoms with Crippen molar-refractivity contribution in [3.63, 3.8) is 0 Å². The number of hydrogen-bond donors (Lipinski definition) is 0. The number of rotatable bonds is 2. The maximum absolute atomic E-state index is 10.8. The monoisotopic (exact) mass is 268 g/mol. The van der Waals surface area contributed by atoms with Crippen LogP contribution in [0.2, 0.25) is 0 Å². The molecule has 3 rings (SSSR count). The number of oxazole rings is 1. The summed E-state index contributed by atoms with van der Waals surface area (Å²) in [7, 11) is 0. The van der Waals surface area contributed by atoms with Crippen molar-refractivity contribution in [2.75, 3.05) is 0 Å². The van der Waals surface area contributed by atoms with Crippen molar-refractivity contribution in [2.45, 2.75) is 13.8 Å². The number of benzene rings is 2. The Morgan fingerprint density at radius 3 is 2.60 bits per heavy atom. The van der Waals surface area contributed by atoms with E-state index < -0.39 is 4.92 Å². The zero-order chi connectivity index (χ0) is 14.3. The number of para-hydroxylation sites is 1. The summed E-state index contributed by atoms with van der Waals surface area (Å²) in [5.41, 5.74) is 4.18. The van der Waals surface area contributed by atoms with Gasteiger partial charge in [-0.3, -0.25) is 10.1 Å². The number of nitro groups is 1. The first kappa shape index (κ1) is 12.3. The lowest BCUT2D eigenvalue weighted by atomic mass is 10.1. The average Bonchev–Trinajstić information content (AvgIpc) is 2.83. The number of aromatic nitrogens is 1. The number of hydrogen-bond acceptors (Lipinski definition) is 4. The van der Waals surface area contributed by atoms with E-state index in [1.807, 2.05) is 32.0 Å². The van der Waals surface area contributed by atoms with Gasteiger partial charge in [0.2, 0.25) is 5.89 Å². The minimum absolute atomic E-state index is 0.0681. The summed E-state index contributed by atoms with van der Waals surface area (Å²) in [4.78, 5) is 14.8. The Hall–Kier alpha value is -2.69. The van der Waals surface area contributed by atoms with Crippen molar-refractivity contribution in [3.05, 3.63) is 57.6 Å². The fourth-order valence-corrected chi connectivity index (χ4v) is 2.20. The highest BCUT2D eigenvalue weighted by Crippen LogP contribution is 2.29. The average molecular weight is 268 g/mol. The van der Waals surface area contributed by atoms with Crippen LogP contribution in [0, 0.1) is 24.0 Å². The van der Waals surface area contributed by atoms with Crippen molar-refractivity contribution in [3.8, 4) is 11.5 Å². The number of nitrogens with zero attached hydrogens (tertiary/aromatic N) is 2. The van der Waals surface area contributed by atoms with Crippen molar-refractivity contribution in [1.29, 1.82) is 0 Å². The third-order valence-corrected chi connectivity index (χ3v) is 3.27. The molecule has 5 nitrogen and oxygen atoms in total. The largest absolute Gasteiger partial charge is 0.436 e. The summed E-state index contributed by atoms with van der Waals surface area (Å²) in [6, 6.07) is 10.4. The molecule has 1 aromatic heterocycles. The highest BCUT2D eigenvalue weighted by atomic mass is 16.6. The standard InChI is InChI=1S/C15H12N2O3/c1-9-4-3-5-13-14(9)16-15(20-13)12-7-6-11(17(18)19)8-10(12)2/h3-8H,1-2H3. The van der Waals surface area contributed by atoms with E-state index in [2.05, 4.69) is 4.98 Å². The molecule has 0 unspecified atom stereocenters. The molecule has 0 amide bonds. The first-order valence-corrected chi connectivity index (χ1v) is 6.18.